The van der Waals surface area contributed by atoms with Crippen LogP contribution < -0.4 is 10.0 Å². The number of hydrogen-bond acceptors (Lipinski definition) is 4. The molecule has 0 atom stereocenters. The van der Waals surface area contributed by atoms with E-state index in [1.165, 1.54) is 0 Å². The normalized spacial score (nSPS) is 11.3. The Labute approximate surface area is 118 Å². The maximum absolute atomic E-state index is 11.1. The van der Waals surface area contributed by atoms with E-state index in [1.807, 2.05) is 37.0 Å². The third kappa shape index (κ3) is 3.74. The Bertz CT molecular complexity index is 690. The molecule has 0 aliphatic heterocycles. The second kappa shape index (κ2) is 5.54. The van der Waals surface area contributed by atoms with E-state index in [0.29, 0.717) is 12.2 Å². The predicted molar refractivity (Wildman–Crippen MR) is 80.2 cm³/mol. The van der Waals surface area contributed by atoms with Gasteiger partial charge in [0.1, 0.15) is 0 Å². The van der Waals surface area contributed by atoms with Gasteiger partial charge in [0, 0.05) is 36.2 Å². The zero-order valence-corrected chi connectivity index (χ0v) is 12.5. The van der Waals surface area contributed by atoms with Crippen molar-refractivity contribution in [2.45, 2.75) is 13.5 Å². The molecule has 2 aromatic rings. The van der Waals surface area contributed by atoms with E-state index in [-0.39, 0.29) is 0 Å². The van der Waals surface area contributed by atoms with Gasteiger partial charge < -0.3 is 5.32 Å². The van der Waals surface area contributed by atoms with Gasteiger partial charge in [0.2, 0.25) is 10.0 Å². The topological polar surface area (TPSA) is 76.0 Å². The van der Waals surface area contributed by atoms with Crippen LogP contribution in [0.3, 0.4) is 0 Å². The van der Waals surface area contributed by atoms with Crippen molar-refractivity contribution in [2.24, 2.45) is 7.05 Å². The summed E-state index contributed by atoms with van der Waals surface area (Å²) in [6.45, 7) is 2.70. The fourth-order valence-electron chi connectivity index (χ4n) is 1.79. The SMILES string of the molecule is Cc1c(CNc2ccc(NS(C)(=O)=O)cc2)cnn1C. The van der Waals surface area contributed by atoms with Crippen molar-refractivity contribution in [3.8, 4) is 0 Å². The van der Waals surface area contributed by atoms with E-state index in [4.69, 9.17) is 0 Å². The minimum atomic E-state index is -3.23. The van der Waals surface area contributed by atoms with Crippen LogP contribution in [0.2, 0.25) is 0 Å². The summed E-state index contributed by atoms with van der Waals surface area (Å²) in [6, 6.07) is 7.11. The Balaban J connectivity index is 1.99. The van der Waals surface area contributed by atoms with Crippen LogP contribution >= 0.6 is 0 Å². The van der Waals surface area contributed by atoms with E-state index >= 15 is 0 Å². The average molecular weight is 294 g/mol. The summed E-state index contributed by atoms with van der Waals surface area (Å²) in [5.41, 5.74) is 3.72. The van der Waals surface area contributed by atoms with Crippen molar-refractivity contribution in [3.63, 3.8) is 0 Å². The Kier molecular flexibility index (Phi) is 3.99. The highest BCUT2D eigenvalue weighted by Crippen LogP contribution is 2.16. The number of benzene rings is 1. The lowest BCUT2D eigenvalue weighted by Gasteiger charge is -2.08. The number of anilines is 2. The van der Waals surface area contributed by atoms with Gasteiger partial charge in [0.05, 0.1) is 12.5 Å². The Morgan fingerprint density at radius 2 is 1.80 bits per heavy atom. The van der Waals surface area contributed by atoms with Gasteiger partial charge in [-0.1, -0.05) is 0 Å². The first-order valence-electron chi connectivity index (χ1n) is 6.14. The fraction of sp³-hybridized carbons (Fsp3) is 0.308. The quantitative estimate of drug-likeness (QED) is 0.880. The molecule has 1 heterocycles. The number of nitrogens with one attached hydrogen (secondary N) is 2. The third-order valence-electron chi connectivity index (χ3n) is 3.01. The summed E-state index contributed by atoms with van der Waals surface area (Å²) >= 11 is 0. The summed E-state index contributed by atoms with van der Waals surface area (Å²) in [7, 11) is -1.32. The first-order chi connectivity index (χ1) is 9.35. The van der Waals surface area contributed by atoms with Crippen molar-refractivity contribution in [2.75, 3.05) is 16.3 Å². The minimum absolute atomic E-state index is 0.551. The number of aryl methyl sites for hydroxylation is 1. The summed E-state index contributed by atoms with van der Waals surface area (Å²) in [6.07, 6.45) is 2.96. The van der Waals surface area contributed by atoms with Crippen LogP contribution in [0.1, 0.15) is 11.3 Å². The van der Waals surface area contributed by atoms with Gasteiger partial charge in [0.25, 0.3) is 0 Å². The summed E-state index contributed by atoms with van der Waals surface area (Å²) in [4.78, 5) is 0. The molecule has 0 saturated heterocycles. The molecule has 0 radical (unpaired) electrons. The minimum Gasteiger partial charge on any atom is -0.381 e. The molecule has 1 aromatic carbocycles. The molecule has 0 aliphatic carbocycles. The van der Waals surface area contributed by atoms with E-state index < -0.39 is 10.0 Å². The van der Waals surface area contributed by atoms with Crippen LogP contribution in [0.25, 0.3) is 0 Å². The molecule has 7 heteroatoms. The monoisotopic (exact) mass is 294 g/mol. The molecule has 0 bridgehead atoms. The molecule has 1 aromatic heterocycles. The highest BCUT2D eigenvalue weighted by Gasteiger charge is 2.04. The molecular weight excluding hydrogens is 276 g/mol. The van der Waals surface area contributed by atoms with Crippen molar-refractivity contribution in [3.05, 3.63) is 41.7 Å². The van der Waals surface area contributed by atoms with Gasteiger partial charge in [-0.3, -0.25) is 9.40 Å². The smallest absolute Gasteiger partial charge is 0.229 e. The lowest BCUT2D eigenvalue weighted by Crippen LogP contribution is -2.09. The van der Waals surface area contributed by atoms with E-state index in [1.54, 1.807) is 12.1 Å². The molecule has 0 unspecified atom stereocenters. The number of hydrogen-bond donors (Lipinski definition) is 2. The van der Waals surface area contributed by atoms with Crippen LogP contribution in [0, 0.1) is 6.92 Å². The maximum atomic E-state index is 11.1. The first-order valence-corrected chi connectivity index (χ1v) is 8.03. The van der Waals surface area contributed by atoms with E-state index in [0.717, 1.165) is 23.2 Å². The second-order valence-corrected chi connectivity index (χ2v) is 6.43. The van der Waals surface area contributed by atoms with Crippen LogP contribution in [-0.2, 0) is 23.6 Å². The molecule has 6 nitrogen and oxygen atoms in total. The zero-order chi connectivity index (χ0) is 14.8. The molecular formula is C13H18N4O2S. The lowest BCUT2D eigenvalue weighted by atomic mass is 10.2. The summed E-state index contributed by atoms with van der Waals surface area (Å²) < 4.78 is 26.5. The van der Waals surface area contributed by atoms with Crippen LogP contribution in [-0.4, -0.2) is 24.5 Å². The number of aromatic nitrogens is 2. The first kappa shape index (κ1) is 14.4. The van der Waals surface area contributed by atoms with Crippen LogP contribution in [0.15, 0.2) is 30.5 Å². The number of rotatable bonds is 5. The van der Waals surface area contributed by atoms with Gasteiger partial charge >= 0.3 is 0 Å². The molecule has 0 amide bonds. The molecule has 0 saturated carbocycles. The third-order valence-corrected chi connectivity index (χ3v) is 3.61. The standard InChI is InChI=1S/C13H18N4O2S/c1-10-11(9-15-17(10)2)8-14-12-4-6-13(7-5-12)16-20(3,18)19/h4-7,9,14,16H,8H2,1-3H3. The highest BCUT2D eigenvalue weighted by molar-refractivity contribution is 7.92. The Hall–Kier alpha value is -2.02. The Morgan fingerprint density at radius 1 is 1.20 bits per heavy atom. The summed E-state index contributed by atoms with van der Waals surface area (Å²) in [5.74, 6) is 0. The molecule has 2 N–H and O–H groups in total. The molecule has 0 spiro atoms. The zero-order valence-electron chi connectivity index (χ0n) is 11.7. The molecule has 0 aliphatic rings. The molecule has 20 heavy (non-hydrogen) atoms. The second-order valence-electron chi connectivity index (χ2n) is 4.68. The van der Waals surface area contributed by atoms with Gasteiger partial charge in [-0.2, -0.15) is 5.10 Å². The Morgan fingerprint density at radius 3 is 2.30 bits per heavy atom. The van der Waals surface area contributed by atoms with E-state index in [9.17, 15) is 8.42 Å². The van der Waals surface area contributed by atoms with Gasteiger partial charge in [-0.15, -0.1) is 0 Å². The van der Waals surface area contributed by atoms with Crippen molar-refractivity contribution in [1.82, 2.24) is 9.78 Å². The largest absolute Gasteiger partial charge is 0.381 e. The van der Waals surface area contributed by atoms with Gasteiger partial charge in [-0.05, 0) is 31.2 Å². The number of nitrogens with zero attached hydrogens (tertiary/aromatic N) is 2. The molecule has 2 rings (SSSR count). The van der Waals surface area contributed by atoms with Crippen molar-refractivity contribution < 1.29 is 8.42 Å². The number of sulfonamides is 1. The van der Waals surface area contributed by atoms with Crippen LogP contribution in [0.5, 0.6) is 0 Å². The summed E-state index contributed by atoms with van der Waals surface area (Å²) in [5, 5.41) is 7.46. The average Bonchev–Trinajstić information content (AvgIpc) is 2.68. The lowest BCUT2D eigenvalue weighted by molar-refractivity contribution is 0.607. The maximum Gasteiger partial charge on any atom is 0.229 e. The highest BCUT2D eigenvalue weighted by atomic mass is 32.2. The molecule has 108 valence electrons. The van der Waals surface area contributed by atoms with Crippen molar-refractivity contribution >= 4 is 21.4 Å². The van der Waals surface area contributed by atoms with E-state index in [2.05, 4.69) is 15.1 Å². The fourth-order valence-corrected chi connectivity index (χ4v) is 2.35. The van der Waals surface area contributed by atoms with Crippen LogP contribution in [0.4, 0.5) is 11.4 Å². The van der Waals surface area contributed by atoms with Gasteiger partial charge in [0.15, 0.2) is 0 Å². The predicted octanol–water partition coefficient (Wildman–Crippen LogP) is 1.71. The van der Waals surface area contributed by atoms with Crippen molar-refractivity contribution in [1.29, 1.82) is 0 Å². The molecule has 0 fully saturated rings. The van der Waals surface area contributed by atoms with Gasteiger partial charge in [-0.25, -0.2) is 8.42 Å².